The highest BCUT2D eigenvalue weighted by molar-refractivity contribution is 5.82. The van der Waals surface area contributed by atoms with Gasteiger partial charge in [-0.25, -0.2) is 0 Å². The summed E-state index contributed by atoms with van der Waals surface area (Å²) in [7, 11) is 0. The number of benzene rings is 1. The standard InChI is InChI=1S/C20H30N2O3/c1-15-5-7-17(8-6-15)25-14-11-21-18(23)16-9-12-22(13-10-16)19(24)20(2,3)4/h5-8,16H,9-14H2,1-4H3,(H,21,23). The van der Waals surface area contributed by atoms with Crippen LogP contribution in [0, 0.1) is 18.3 Å². The first-order valence-corrected chi connectivity index (χ1v) is 9.04. The highest BCUT2D eigenvalue weighted by Crippen LogP contribution is 2.23. The smallest absolute Gasteiger partial charge is 0.227 e. The van der Waals surface area contributed by atoms with Gasteiger partial charge in [0.15, 0.2) is 0 Å². The summed E-state index contributed by atoms with van der Waals surface area (Å²) < 4.78 is 5.62. The third kappa shape index (κ3) is 5.76. The molecule has 0 atom stereocenters. The molecule has 5 nitrogen and oxygen atoms in total. The molecule has 1 saturated heterocycles. The molecule has 1 aromatic rings. The van der Waals surface area contributed by atoms with Crippen molar-refractivity contribution < 1.29 is 14.3 Å². The van der Waals surface area contributed by atoms with Crippen molar-refractivity contribution in [1.29, 1.82) is 0 Å². The Labute approximate surface area is 150 Å². The summed E-state index contributed by atoms with van der Waals surface area (Å²) in [5, 5.41) is 2.94. The number of hydrogen-bond donors (Lipinski definition) is 1. The van der Waals surface area contributed by atoms with Crippen LogP contribution < -0.4 is 10.1 Å². The van der Waals surface area contributed by atoms with Crippen LogP contribution in [0.4, 0.5) is 0 Å². The first-order chi connectivity index (χ1) is 11.8. The van der Waals surface area contributed by atoms with E-state index in [0.717, 1.165) is 18.6 Å². The maximum absolute atomic E-state index is 12.3. The number of carbonyl (C=O) groups is 2. The molecule has 1 aromatic carbocycles. The van der Waals surface area contributed by atoms with Gasteiger partial charge < -0.3 is 15.0 Å². The average molecular weight is 346 g/mol. The fourth-order valence-electron chi connectivity index (χ4n) is 2.94. The van der Waals surface area contributed by atoms with Crippen molar-refractivity contribution >= 4 is 11.8 Å². The van der Waals surface area contributed by atoms with Crippen LogP contribution in [-0.2, 0) is 9.59 Å². The predicted molar refractivity (Wildman–Crippen MR) is 98.4 cm³/mol. The van der Waals surface area contributed by atoms with Gasteiger partial charge in [0.05, 0.1) is 6.54 Å². The zero-order valence-electron chi connectivity index (χ0n) is 15.8. The molecule has 5 heteroatoms. The highest BCUT2D eigenvalue weighted by Gasteiger charge is 2.32. The van der Waals surface area contributed by atoms with Crippen molar-refractivity contribution in [3.63, 3.8) is 0 Å². The third-order valence-corrected chi connectivity index (χ3v) is 4.49. The van der Waals surface area contributed by atoms with Crippen molar-refractivity contribution in [2.45, 2.75) is 40.5 Å². The minimum absolute atomic E-state index is 0.0107. The molecule has 0 unspecified atom stereocenters. The van der Waals surface area contributed by atoms with Crippen LogP contribution in [-0.4, -0.2) is 43.0 Å². The van der Waals surface area contributed by atoms with E-state index in [1.54, 1.807) is 0 Å². The van der Waals surface area contributed by atoms with E-state index in [-0.39, 0.29) is 23.1 Å². The van der Waals surface area contributed by atoms with E-state index < -0.39 is 0 Å². The number of nitrogens with zero attached hydrogens (tertiary/aromatic N) is 1. The SMILES string of the molecule is Cc1ccc(OCCNC(=O)C2CCN(C(=O)C(C)(C)C)CC2)cc1. The van der Waals surface area contributed by atoms with Crippen molar-refractivity contribution in [1.82, 2.24) is 10.2 Å². The molecule has 0 aromatic heterocycles. The summed E-state index contributed by atoms with van der Waals surface area (Å²) >= 11 is 0. The summed E-state index contributed by atoms with van der Waals surface area (Å²) in [6.07, 6.45) is 1.46. The second kappa shape index (κ2) is 8.37. The molecule has 1 fully saturated rings. The van der Waals surface area contributed by atoms with Crippen LogP contribution >= 0.6 is 0 Å². The Hall–Kier alpha value is -2.04. The minimum Gasteiger partial charge on any atom is -0.492 e. The Bertz CT molecular complexity index is 582. The van der Waals surface area contributed by atoms with Gasteiger partial charge >= 0.3 is 0 Å². The fraction of sp³-hybridized carbons (Fsp3) is 0.600. The van der Waals surface area contributed by atoms with Crippen molar-refractivity contribution in [2.75, 3.05) is 26.2 Å². The van der Waals surface area contributed by atoms with Gasteiger partial charge in [0, 0.05) is 24.4 Å². The molecule has 138 valence electrons. The number of rotatable bonds is 5. The molecule has 2 rings (SSSR count). The molecule has 0 bridgehead atoms. The molecular formula is C20H30N2O3. The summed E-state index contributed by atoms with van der Waals surface area (Å²) in [6.45, 7) is 10.1. The van der Waals surface area contributed by atoms with Gasteiger partial charge in [0.1, 0.15) is 12.4 Å². The minimum atomic E-state index is -0.359. The number of ether oxygens (including phenoxy) is 1. The molecule has 2 amide bonds. The van der Waals surface area contributed by atoms with Crippen LogP contribution in [0.3, 0.4) is 0 Å². The number of likely N-dealkylation sites (tertiary alicyclic amines) is 1. The molecule has 25 heavy (non-hydrogen) atoms. The molecule has 1 N–H and O–H groups in total. The lowest BCUT2D eigenvalue weighted by Gasteiger charge is -2.35. The summed E-state index contributed by atoms with van der Waals surface area (Å²) in [4.78, 5) is 26.4. The zero-order valence-corrected chi connectivity index (χ0v) is 15.8. The molecular weight excluding hydrogens is 316 g/mol. The van der Waals surface area contributed by atoms with Crippen LogP contribution in [0.2, 0.25) is 0 Å². The van der Waals surface area contributed by atoms with E-state index in [2.05, 4.69) is 5.32 Å². The van der Waals surface area contributed by atoms with E-state index in [4.69, 9.17) is 4.74 Å². The molecule has 0 saturated carbocycles. The largest absolute Gasteiger partial charge is 0.492 e. The Morgan fingerprint density at radius 1 is 1.16 bits per heavy atom. The van der Waals surface area contributed by atoms with Crippen molar-refractivity contribution in [2.24, 2.45) is 11.3 Å². The lowest BCUT2D eigenvalue weighted by Crippen LogP contribution is -2.47. The fourth-order valence-corrected chi connectivity index (χ4v) is 2.94. The zero-order chi connectivity index (χ0) is 18.4. The van der Waals surface area contributed by atoms with E-state index in [1.165, 1.54) is 5.56 Å². The molecule has 1 aliphatic rings. The number of amides is 2. The Morgan fingerprint density at radius 2 is 1.76 bits per heavy atom. The first kappa shape index (κ1) is 19.3. The van der Waals surface area contributed by atoms with Gasteiger partial charge in [0.2, 0.25) is 11.8 Å². The first-order valence-electron chi connectivity index (χ1n) is 9.04. The average Bonchev–Trinajstić information content (AvgIpc) is 2.58. The van der Waals surface area contributed by atoms with Crippen molar-refractivity contribution in [3.8, 4) is 5.75 Å². The Kier molecular flexibility index (Phi) is 6.45. The maximum Gasteiger partial charge on any atom is 0.227 e. The van der Waals surface area contributed by atoms with Gasteiger partial charge in [-0.2, -0.15) is 0 Å². The molecule has 0 radical (unpaired) electrons. The van der Waals surface area contributed by atoms with E-state index in [0.29, 0.717) is 26.2 Å². The van der Waals surface area contributed by atoms with Gasteiger partial charge in [0.25, 0.3) is 0 Å². The number of hydrogen-bond acceptors (Lipinski definition) is 3. The van der Waals surface area contributed by atoms with Gasteiger partial charge in [-0.1, -0.05) is 38.5 Å². The summed E-state index contributed by atoms with van der Waals surface area (Å²) in [5.41, 5.74) is 0.833. The van der Waals surface area contributed by atoms with E-state index in [1.807, 2.05) is 56.9 Å². The topological polar surface area (TPSA) is 58.6 Å². The van der Waals surface area contributed by atoms with E-state index in [9.17, 15) is 9.59 Å². The Morgan fingerprint density at radius 3 is 2.32 bits per heavy atom. The number of aryl methyl sites for hydroxylation is 1. The normalized spacial score (nSPS) is 15.8. The lowest BCUT2D eigenvalue weighted by molar-refractivity contribution is -0.142. The highest BCUT2D eigenvalue weighted by atomic mass is 16.5. The third-order valence-electron chi connectivity index (χ3n) is 4.49. The van der Waals surface area contributed by atoms with Gasteiger partial charge in [-0.3, -0.25) is 9.59 Å². The maximum atomic E-state index is 12.3. The van der Waals surface area contributed by atoms with Crippen LogP contribution in [0.5, 0.6) is 5.75 Å². The monoisotopic (exact) mass is 346 g/mol. The van der Waals surface area contributed by atoms with E-state index >= 15 is 0 Å². The molecule has 0 spiro atoms. The molecule has 1 heterocycles. The lowest BCUT2D eigenvalue weighted by atomic mass is 9.91. The van der Waals surface area contributed by atoms with Crippen LogP contribution in [0.1, 0.15) is 39.2 Å². The number of piperidine rings is 1. The van der Waals surface area contributed by atoms with Gasteiger partial charge in [-0.05, 0) is 31.9 Å². The van der Waals surface area contributed by atoms with Gasteiger partial charge in [-0.15, -0.1) is 0 Å². The summed E-state index contributed by atoms with van der Waals surface area (Å²) in [6, 6.07) is 7.86. The quantitative estimate of drug-likeness (QED) is 0.834. The van der Waals surface area contributed by atoms with Crippen LogP contribution in [0.25, 0.3) is 0 Å². The van der Waals surface area contributed by atoms with Crippen molar-refractivity contribution in [3.05, 3.63) is 29.8 Å². The molecule has 1 aliphatic heterocycles. The number of carbonyl (C=O) groups excluding carboxylic acids is 2. The summed E-state index contributed by atoms with van der Waals surface area (Å²) in [5.74, 6) is 1.03. The molecule has 0 aliphatic carbocycles. The number of nitrogens with one attached hydrogen (secondary N) is 1. The predicted octanol–water partition coefficient (Wildman–Crippen LogP) is 2.77. The Balaban J connectivity index is 1.67. The second-order valence-electron chi connectivity index (χ2n) is 7.77. The second-order valence-corrected chi connectivity index (χ2v) is 7.77. The van der Waals surface area contributed by atoms with Crippen LogP contribution in [0.15, 0.2) is 24.3 Å².